The van der Waals surface area contributed by atoms with Gasteiger partial charge in [0.25, 0.3) is 0 Å². The molecule has 0 aromatic rings. The van der Waals surface area contributed by atoms with Gasteiger partial charge >= 0.3 is 0 Å². The lowest BCUT2D eigenvalue weighted by atomic mass is 10.5. The van der Waals surface area contributed by atoms with Crippen molar-refractivity contribution in [2.45, 2.75) is 0 Å². The Bertz CT molecular complexity index is 189. The van der Waals surface area contributed by atoms with Crippen LogP contribution in [0, 0.1) is 0 Å². The lowest BCUT2D eigenvalue weighted by Crippen LogP contribution is -2.49. The molecule has 4 N–H and O–H groups in total. The van der Waals surface area contributed by atoms with Crippen molar-refractivity contribution < 1.29 is 0 Å². The molecule has 0 spiro atoms. The first-order valence-corrected chi connectivity index (χ1v) is 4.10. The van der Waals surface area contributed by atoms with E-state index >= 15 is 0 Å². The van der Waals surface area contributed by atoms with Gasteiger partial charge in [0.15, 0.2) is 0 Å². The molecule has 1 aliphatic rings. The van der Waals surface area contributed by atoms with Crippen molar-refractivity contribution in [3.63, 3.8) is 0 Å². The van der Waals surface area contributed by atoms with Crippen LogP contribution in [0.25, 0.3) is 0 Å². The van der Waals surface area contributed by atoms with Crippen LogP contribution in [0.4, 0.5) is 0 Å². The van der Waals surface area contributed by atoms with E-state index in [1.807, 2.05) is 21.1 Å². The van der Waals surface area contributed by atoms with Gasteiger partial charge in [0.2, 0.25) is 5.96 Å². The fraction of sp³-hybridized carbons (Fsp3) is 0.833. The van der Waals surface area contributed by atoms with Crippen LogP contribution in [0.5, 0.6) is 0 Å². The molecule has 0 fully saturated rings. The summed E-state index contributed by atoms with van der Waals surface area (Å²) in [5.74, 6) is 6.37. The van der Waals surface area contributed by atoms with Crippen molar-refractivity contribution in [1.82, 2.24) is 26.0 Å². The fourth-order valence-electron chi connectivity index (χ4n) is 0.864. The molecule has 0 amide bonds. The third kappa shape index (κ3) is 3.05. The van der Waals surface area contributed by atoms with Gasteiger partial charge in [0.05, 0.1) is 0 Å². The van der Waals surface area contributed by atoms with E-state index in [2.05, 4.69) is 21.0 Å². The van der Waals surface area contributed by atoms with Crippen molar-refractivity contribution in [3.05, 3.63) is 0 Å². The standard InChI is InChI=1S/C6H17N7/c1-11(2)4-5-13(7)6-8-10-12(3)9-6/h10H,4-5,7H2,1-3H3,(H,8,9). The van der Waals surface area contributed by atoms with Crippen molar-refractivity contribution in [2.75, 3.05) is 34.2 Å². The zero-order valence-corrected chi connectivity index (χ0v) is 8.28. The second-order valence-corrected chi connectivity index (χ2v) is 3.20. The zero-order valence-electron chi connectivity index (χ0n) is 8.28. The average Bonchev–Trinajstić information content (AvgIpc) is 2.47. The van der Waals surface area contributed by atoms with E-state index in [1.165, 1.54) is 0 Å². The van der Waals surface area contributed by atoms with E-state index in [-0.39, 0.29) is 0 Å². The number of hydrazone groups is 1. The molecular weight excluding hydrogens is 170 g/mol. The third-order valence-corrected chi connectivity index (χ3v) is 1.63. The number of nitrogens with two attached hydrogens (primary N) is 1. The largest absolute Gasteiger partial charge is 0.308 e. The van der Waals surface area contributed by atoms with Gasteiger partial charge < -0.3 is 4.90 Å². The summed E-state index contributed by atoms with van der Waals surface area (Å²) >= 11 is 0. The Labute approximate surface area is 78.1 Å². The Kier molecular flexibility index (Phi) is 3.29. The zero-order chi connectivity index (χ0) is 9.84. The van der Waals surface area contributed by atoms with Gasteiger partial charge in [-0.05, 0) is 14.1 Å². The molecule has 0 aromatic heterocycles. The summed E-state index contributed by atoms with van der Waals surface area (Å²) in [4.78, 5) is 2.06. The number of hydrogen-bond donors (Lipinski definition) is 3. The van der Waals surface area contributed by atoms with Gasteiger partial charge in [0, 0.05) is 20.1 Å². The van der Waals surface area contributed by atoms with Crippen LogP contribution in [0.15, 0.2) is 5.10 Å². The minimum absolute atomic E-state index is 0.629. The molecule has 0 saturated carbocycles. The minimum Gasteiger partial charge on any atom is -0.308 e. The summed E-state index contributed by atoms with van der Waals surface area (Å²) in [7, 11) is 5.82. The van der Waals surface area contributed by atoms with Crippen LogP contribution in [-0.2, 0) is 0 Å². The van der Waals surface area contributed by atoms with Crippen molar-refractivity contribution in [1.29, 1.82) is 0 Å². The van der Waals surface area contributed by atoms with Crippen LogP contribution in [-0.4, -0.2) is 55.2 Å². The second kappa shape index (κ2) is 4.26. The smallest absolute Gasteiger partial charge is 0.248 e. The van der Waals surface area contributed by atoms with Crippen LogP contribution in [0.1, 0.15) is 0 Å². The molecule has 7 nitrogen and oxygen atoms in total. The number of nitrogens with one attached hydrogen (secondary N) is 2. The number of hydrazine groups is 3. The molecule has 76 valence electrons. The predicted octanol–water partition coefficient (Wildman–Crippen LogP) is -2.05. The summed E-state index contributed by atoms with van der Waals surface area (Å²) in [6, 6.07) is 0. The summed E-state index contributed by atoms with van der Waals surface area (Å²) in [5.41, 5.74) is 5.64. The van der Waals surface area contributed by atoms with E-state index < -0.39 is 0 Å². The van der Waals surface area contributed by atoms with Crippen molar-refractivity contribution in [2.24, 2.45) is 10.9 Å². The van der Waals surface area contributed by atoms with E-state index in [0.29, 0.717) is 5.96 Å². The third-order valence-electron chi connectivity index (χ3n) is 1.63. The Balaban J connectivity index is 2.27. The molecule has 1 heterocycles. The maximum absolute atomic E-state index is 5.74. The fourth-order valence-corrected chi connectivity index (χ4v) is 0.864. The Morgan fingerprint density at radius 3 is 2.62 bits per heavy atom. The van der Waals surface area contributed by atoms with Gasteiger partial charge in [-0.25, -0.2) is 11.4 Å². The minimum atomic E-state index is 0.629. The van der Waals surface area contributed by atoms with Crippen LogP contribution < -0.4 is 16.8 Å². The monoisotopic (exact) mass is 187 g/mol. The maximum Gasteiger partial charge on any atom is 0.248 e. The number of nitrogens with zero attached hydrogens (tertiary/aromatic N) is 4. The second-order valence-electron chi connectivity index (χ2n) is 3.20. The number of hydrogen-bond acceptors (Lipinski definition) is 7. The SMILES string of the molecule is CN(C)CCN(N)C1=NNN(C)N1. The number of guanidine groups is 1. The van der Waals surface area contributed by atoms with Crippen LogP contribution in [0.3, 0.4) is 0 Å². The summed E-state index contributed by atoms with van der Waals surface area (Å²) in [6.07, 6.45) is 0. The lowest BCUT2D eigenvalue weighted by Gasteiger charge is -2.20. The molecule has 1 aliphatic heterocycles. The van der Waals surface area contributed by atoms with E-state index in [4.69, 9.17) is 5.84 Å². The number of rotatable bonds is 3. The highest BCUT2D eigenvalue weighted by Gasteiger charge is 2.14. The van der Waals surface area contributed by atoms with Gasteiger partial charge in [-0.15, -0.1) is 10.2 Å². The van der Waals surface area contributed by atoms with E-state index in [9.17, 15) is 0 Å². The highest BCUT2D eigenvalue weighted by atomic mass is 15.9. The lowest BCUT2D eigenvalue weighted by molar-refractivity contribution is 0.223. The molecule has 0 unspecified atom stereocenters. The molecule has 0 aromatic carbocycles. The molecule has 0 saturated heterocycles. The van der Waals surface area contributed by atoms with Gasteiger partial charge in [0.1, 0.15) is 0 Å². The Hall–Kier alpha value is -1.05. The first-order chi connectivity index (χ1) is 6.09. The topological polar surface area (TPSA) is 72.2 Å². The molecule has 0 atom stereocenters. The normalized spacial score (nSPS) is 16.8. The predicted molar refractivity (Wildman–Crippen MR) is 50.9 cm³/mol. The maximum atomic E-state index is 5.74. The summed E-state index contributed by atoms with van der Waals surface area (Å²) in [6.45, 7) is 1.62. The molecular formula is C6H17N7. The highest BCUT2D eigenvalue weighted by Crippen LogP contribution is 1.88. The van der Waals surface area contributed by atoms with Gasteiger partial charge in [-0.2, -0.15) is 0 Å². The van der Waals surface area contributed by atoms with Crippen molar-refractivity contribution >= 4 is 5.96 Å². The first-order valence-electron chi connectivity index (χ1n) is 4.10. The summed E-state index contributed by atoms with van der Waals surface area (Å²) in [5, 5.41) is 7.15. The average molecular weight is 187 g/mol. The number of likely N-dealkylation sites (N-methyl/N-ethyl adjacent to an activating group) is 1. The Morgan fingerprint density at radius 2 is 2.15 bits per heavy atom. The molecule has 1 rings (SSSR count). The first kappa shape index (κ1) is 10.0. The van der Waals surface area contributed by atoms with Crippen LogP contribution in [0.2, 0.25) is 0 Å². The van der Waals surface area contributed by atoms with Crippen LogP contribution >= 0.6 is 0 Å². The van der Waals surface area contributed by atoms with Gasteiger partial charge in [-0.3, -0.25) is 10.4 Å². The molecule has 0 bridgehead atoms. The quantitative estimate of drug-likeness (QED) is 0.349. The summed E-state index contributed by atoms with van der Waals surface area (Å²) < 4.78 is 0. The molecule has 0 radical (unpaired) electrons. The molecule has 0 aliphatic carbocycles. The highest BCUT2D eigenvalue weighted by molar-refractivity contribution is 5.79. The van der Waals surface area contributed by atoms with Crippen molar-refractivity contribution in [3.8, 4) is 0 Å². The molecule has 13 heavy (non-hydrogen) atoms. The van der Waals surface area contributed by atoms with E-state index in [1.54, 1.807) is 10.1 Å². The van der Waals surface area contributed by atoms with Gasteiger partial charge in [-0.1, -0.05) is 0 Å². The molecule has 7 heteroatoms. The Morgan fingerprint density at radius 1 is 1.46 bits per heavy atom. The van der Waals surface area contributed by atoms with E-state index in [0.717, 1.165) is 13.1 Å².